The number of hydrogen-bond acceptors (Lipinski definition) is 5. The van der Waals surface area contributed by atoms with Crippen LogP contribution in [-0.2, 0) is 7.05 Å². The van der Waals surface area contributed by atoms with Gasteiger partial charge >= 0.3 is 0 Å². The summed E-state index contributed by atoms with van der Waals surface area (Å²) >= 11 is 6.57. The molecule has 3 rings (SSSR count). The van der Waals surface area contributed by atoms with Crippen LogP contribution in [0.3, 0.4) is 0 Å². The third-order valence-corrected chi connectivity index (χ3v) is 4.84. The SMILES string of the molecule is CNC(=O)c1c2cc(Oc3c(Br)cc([N+](=O)[O-])cc3Br)ccc2nn1C. The molecule has 8 nitrogen and oxygen atoms in total. The van der Waals surface area contributed by atoms with E-state index < -0.39 is 4.92 Å². The van der Waals surface area contributed by atoms with Crippen LogP contribution < -0.4 is 10.1 Å². The second kappa shape index (κ2) is 7.04. The molecule has 0 atom stereocenters. The minimum atomic E-state index is -0.489. The summed E-state index contributed by atoms with van der Waals surface area (Å²) in [5.41, 5.74) is 0.996. The predicted octanol–water partition coefficient (Wildman–Crippen LogP) is 4.16. The Morgan fingerprint density at radius 2 is 1.92 bits per heavy atom. The Morgan fingerprint density at radius 1 is 1.27 bits per heavy atom. The molecule has 0 fully saturated rings. The fourth-order valence-corrected chi connectivity index (χ4v) is 3.82. The van der Waals surface area contributed by atoms with Gasteiger partial charge in [0.2, 0.25) is 0 Å². The number of ether oxygens (including phenoxy) is 1. The average molecular weight is 484 g/mol. The van der Waals surface area contributed by atoms with Crippen molar-refractivity contribution in [3.63, 3.8) is 0 Å². The average Bonchev–Trinajstić information content (AvgIpc) is 2.92. The van der Waals surface area contributed by atoms with E-state index in [1.165, 1.54) is 16.8 Å². The lowest BCUT2D eigenvalue weighted by Crippen LogP contribution is -2.21. The monoisotopic (exact) mass is 482 g/mol. The molecule has 1 heterocycles. The molecule has 1 aromatic heterocycles. The number of carbonyl (C=O) groups is 1. The zero-order valence-corrected chi connectivity index (χ0v) is 16.8. The zero-order valence-electron chi connectivity index (χ0n) is 13.6. The van der Waals surface area contributed by atoms with Gasteiger partial charge in [-0.15, -0.1) is 0 Å². The number of non-ortho nitro benzene ring substituents is 1. The summed E-state index contributed by atoms with van der Waals surface area (Å²) in [7, 11) is 3.24. The molecule has 0 radical (unpaired) electrons. The van der Waals surface area contributed by atoms with Gasteiger partial charge in [-0.05, 0) is 50.1 Å². The van der Waals surface area contributed by atoms with Crippen molar-refractivity contribution in [1.82, 2.24) is 15.1 Å². The first-order valence-electron chi connectivity index (χ1n) is 7.32. The second-order valence-electron chi connectivity index (χ2n) is 5.33. The second-order valence-corrected chi connectivity index (χ2v) is 7.04. The number of nitrogens with zero attached hydrogens (tertiary/aromatic N) is 3. The predicted molar refractivity (Wildman–Crippen MR) is 103 cm³/mol. The molecular weight excluding hydrogens is 472 g/mol. The van der Waals surface area contributed by atoms with Crippen molar-refractivity contribution in [2.75, 3.05) is 7.05 Å². The van der Waals surface area contributed by atoms with Crippen molar-refractivity contribution in [3.8, 4) is 11.5 Å². The van der Waals surface area contributed by atoms with E-state index in [9.17, 15) is 14.9 Å². The van der Waals surface area contributed by atoms with E-state index in [2.05, 4.69) is 42.3 Å². The highest BCUT2D eigenvalue weighted by Crippen LogP contribution is 2.40. The van der Waals surface area contributed by atoms with Crippen molar-refractivity contribution in [2.24, 2.45) is 7.05 Å². The summed E-state index contributed by atoms with van der Waals surface area (Å²) in [6.45, 7) is 0. The third-order valence-electron chi connectivity index (χ3n) is 3.66. The molecule has 0 spiro atoms. The van der Waals surface area contributed by atoms with Gasteiger partial charge in [-0.1, -0.05) is 0 Å². The number of nitro benzene ring substituents is 1. The van der Waals surface area contributed by atoms with Crippen LogP contribution in [0.5, 0.6) is 11.5 Å². The summed E-state index contributed by atoms with van der Waals surface area (Å²) < 4.78 is 8.23. The molecule has 0 unspecified atom stereocenters. The van der Waals surface area contributed by atoms with E-state index in [0.29, 0.717) is 37.0 Å². The van der Waals surface area contributed by atoms with Gasteiger partial charge in [-0.25, -0.2) is 0 Å². The van der Waals surface area contributed by atoms with E-state index in [1.807, 2.05) is 0 Å². The summed E-state index contributed by atoms with van der Waals surface area (Å²) in [6.07, 6.45) is 0. The molecule has 0 bridgehead atoms. The molecule has 26 heavy (non-hydrogen) atoms. The smallest absolute Gasteiger partial charge is 0.271 e. The summed E-state index contributed by atoms with van der Waals surface area (Å²) in [5, 5.41) is 18.5. The molecule has 0 aliphatic rings. The fraction of sp³-hybridized carbons (Fsp3) is 0.125. The first-order chi connectivity index (χ1) is 12.3. The number of halogens is 2. The normalized spacial score (nSPS) is 10.8. The van der Waals surface area contributed by atoms with Gasteiger partial charge < -0.3 is 10.1 Å². The maximum absolute atomic E-state index is 12.1. The van der Waals surface area contributed by atoms with Crippen LogP contribution >= 0.6 is 31.9 Å². The lowest BCUT2D eigenvalue weighted by atomic mass is 10.2. The minimum absolute atomic E-state index is 0.0688. The largest absolute Gasteiger partial charge is 0.455 e. The highest BCUT2D eigenvalue weighted by Gasteiger charge is 2.18. The van der Waals surface area contributed by atoms with E-state index >= 15 is 0 Å². The maximum atomic E-state index is 12.1. The highest BCUT2D eigenvalue weighted by molar-refractivity contribution is 9.11. The van der Waals surface area contributed by atoms with Crippen LogP contribution in [0.4, 0.5) is 5.69 Å². The minimum Gasteiger partial charge on any atom is -0.455 e. The number of rotatable bonds is 4. The quantitative estimate of drug-likeness (QED) is 0.443. The lowest BCUT2D eigenvalue weighted by molar-refractivity contribution is -0.385. The summed E-state index contributed by atoms with van der Waals surface area (Å²) in [6, 6.07) is 7.87. The van der Waals surface area contributed by atoms with E-state index in [1.54, 1.807) is 32.3 Å². The molecule has 0 aliphatic carbocycles. The van der Waals surface area contributed by atoms with Crippen LogP contribution in [0.15, 0.2) is 39.3 Å². The van der Waals surface area contributed by atoms with Crippen molar-refractivity contribution >= 4 is 54.4 Å². The van der Waals surface area contributed by atoms with Crippen molar-refractivity contribution < 1.29 is 14.5 Å². The Kier molecular flexibility index (Phi) is 4.97. The number of carbonyl (C=O) groups excluding carboxylic acids is 1. The number of nitrogens with one attached hydrogen (secondary N) is 1. The molecule has 3 aromatic rings. The van der Waals surface area contributed by atoms with Crippen molar-refractivity contribution in [3.05, 3.63) is 55.1 Å². The van der Waals surface area contributed by atoms with Gasteiger partial charge in [0.1, 0.15) is 11.4 Å². The molecule has 134 valence electrons. The third kappa shape index (κ3) is 3.29. The standard InChI is InChI=1S/C16H12Br2N4O4/c1-19-16(23)14-10-7-9(3-4-13(10)20-21(14)2)26-15-11(17)5-8(22(24)25)6-12(15)18/h3-7H,1-2H3,(H,19,23). The number of nitro groups is 1. The number of aryl methyl sites for hydroxylation is 1. The molecular formula is C16H12Br2N4O4. The van der Waals surface area contributed by atoms with Crippen LogP contribution in [0, 0.1) is 10.1 Å². The van der Waals surface area contributed by atoms with Gasteiger partial charge in [-0.3, -0.25) is 19.6 Å². The Morgan fingerprint density at radius 3 is 2.50 bits per heavy atom. The lowest BCUT2D eigenvalue weighted by Gasteiger charge is -2.10. The molecule has 1 amide bonds. The fourth-order valence-electron chi connectivity index (χ4n) is 2.50. The van der Waals surface area contributed by atoms with Crippen LogP contribution in [-0.4, -0.2) is 27.7 Å². The molecule has 0 aliphatic heterocycles. The number of fused-ring (bicyclic) bond motifs is 1. The van der Waals surface area contributed by atoms with E-state index in [-0.39, 0.29) is 11.6 Å². The highest BCUT2D eigenvalue weighted by atomic mass is 79.9. The number of amides is 1. The van der Waals surface area contributed by atoms with Crippen LogP contribution in [0.2, 0.25) is 0 Å². The molecule has 1 N–H and O–H groups in total. The van der Waals surface area contributed by atoms with Crippen molar-refractivity contribution in [1.29, 1.82) is 0 Å². The van der Waals surface area contributed by atoms with Crippen LogP contribution in [0.1, 0.15) is 10.5 Å². The number of benzene rings is 2. The first-order valence-corrected chi connectivity index (χ1v) is 8.90. The molecule has 0 saturated carbocycles. The topological polar surface area (TPSA) is 99.3 Å². The van der Waals surface area contributed by atoms with E-state index in [4.69, 9.17) is 4.74 Å². The van der Waals surface area contributed by atoms with Gasteiger partial charge in [-0.2, -0.15) is 5.10 Å². The summed E-state index contributed by atoms with van der Waals surface area (Å²) in [4.78, 5) is 22.5. The summed E-state index contributed by atoms with van der Waals surface area (Å²) in [5.74, 6) is 0.594. The number of aromatic nitrogens is 2. The van der Waals surface area contributed by atoms with Crippen LogP contribution in [0.25, 0.3) is 10.9 Å². The number of hydrogen-bond donors (Lipinski definition) is 1. The Labute approximate surface area is 164 Å². The molecule has 0 saturated heterocycles. The Hall–Kier alpha value is -2.46. The van der Waals surface area contributed by atoms with Gasteiger partial charge in [0, 0.05) is 31.6 Å². The Balaban J connectivity index is 2.05. The molecule has 2 aromatic carbocycles. The zero-order chi connectivity index (χ0) is 19.0. The van der Waals surface area contributed by atoms with Gasteiger partial charge in [0.25, 0.3) is 11.6 Å². The molecule has 10 heteroatoms. The maximum Gasteiger partial charge on any atom is 0.271 e. The van der Waals surface area contributed by atoms with E-state index in [0.717, 1.165) is 0 Å². The van der Waals surface area contributed by atoms with Gasteiger partial charge in [0.15, 0.2) is 5.75 Å². The van der Waals surface area contributed by atoms with Crippen molar-refractivity contribution in [2.45, 2.75) is 0 Å². The van der Waals surface area contributed by atoms with Gasteiger partial charge in [0.05, 0.1) is 19.4 Å². The first kappa shape index (κ1) is 18.3. The Bertz CT molecular complexity index is 1030.